The maximum absolute atomic E-state index is 12.0. The Balaban J connectivity index is 1.62. The molecule has 0 radical (unpaired) electrons. The third-order valence-electron chi connectivity index (χ3n) is 6.79. The van der Waals surface area contributed by atoms with Gasteiger partial charge in [-0.05, 0) is 80.2 Å². The number of hydrogen-bond acceptors (Lipinski definition) is 5. The van der Waals surface area contributed by atoms with Gasteiger partial charge < -0.3 is 29.9 Å². The van der Waals surface area contributed by atoms with Crippen molar-refractivity contribution in [2.24, 2.45) is 0 Å². The Bertz CT molecular complexity index is 1540. The van der Waals surface area contributed by atoms with Crippen molar-refractivity contribution in [1.29, 1.82) is 0 Å². The molecule has 2 aromatic carbocycles. The molecule has 2 atom stereocenters. The zero-order valence-electron chi connectivity index (χ0n) is 21.7. The summed E-state index contributed by atoms with van der Waals surface area (Å²) in [4.78, 5) is 18.7. The van der Waals surface area contributed by atoms with Gasteiger partial charge in [-0.25, -0.2) is 0 Å². The van der Waals surface area contributed by atoms with Gasteiger partial charge in [0.05, 0.1) is 34.2 Å². The number of para-hydroxylation sites is 2. The lowest BCUT2D eigenvalue weighted by atomic mass is 9.96. The lowest BCUT2D eigenvalue weighted by Crippen LogP contribution is -2.29. The van der Waals surface area contributed by atoms with Crippen molar-refractivity contribution in [1.82, 2.24) is 14.9 Å². The van der Waals surface area contributed by atoms with E-state index in [1.165, 1.54) is 7.11 Å². The molecule has 2 aromatic heterocycles. The standard InChI is InChI=1S/C29H28ClN5O3S/c1-17-14-20(18(2)34(17)24-9-4-5-10-25(24)36)28-27(23-8-6-7-13-31-23)33-29(39)35(28)19-11-12-22(21(30)15-19)32-26(37)16-38-3/h4-15,27-28,36H,16H2,1-3H3,(H,32,37)(H,33,39)/t27-,28+/m1/s1. The first-order valence-corrected chi connectivity index (χ1v) is 13.1. The highest BCUT2D eigenvalue weighted by atomic mass is 35.5. The van der Waals surface area contributed by atoms with Crippen molar-refractivity contribution in [3.05, 3.63) is 101 Å². The molecule has 0 saturated carbocycles. The molecule has 5 rings (SSSR count). The van der Waals surface area contributed by atoms with E-state index in [0.717, 1.165) is 28.3 Å². The van der Waals surface area contributed by atoms with Gasteiger partial charge in [-0.15, -0.1) is 0 Å². The van der Waals surface area contributed by atoms with Crippen LogP contribution < -0.4 is 15.5 Å². The normalized spacial score (nSPS) is 16.8. The van der Waals surface area contributed by atoms with Crippen LogP contribution in [0.25, 0.3) is 5.69 Å². The van der Waals surface area contributed by atoms with Crippen LogP contribution in [0.5, 0.6) is 5.75 Å². The molecular weight excluding hydrogens is 534 g/mol. The fourth-order valence-electron chi connectivity index (χ4n) is 5.13. The second kappa shape index (κ2) is 11.1. The lowest BCUT2D eigenvalue weighted by Gasteiger charge is -2.28. The zero-order chi connectivity index (χ0) is 27.7. The molecule has 1 aliphatic heterocycles. The van der Waals surface area contributed by atoms with E-state index in [4.69, 9.17) is 28.6 Å². The highest BCUT2D eigenvalue weighted by Gasteiger charge is 2.42. The number of ether oxygens (including phenoxy) is 1. The van der Waals surface area contributed by atoms with E-state index in [0.29, 0.717) is 21.5 Å². The topological polar surface area (TPSA) is 91.7 Å². The number of aryl methyl sites for hydroxylation is 1. The monoisotopic (exact) mass is 561 g/mol. The molecular formula is C29H28ClN5O3S. The first-order valence-electron chi connectivity index (χ1n) is 12.4. The highest BCUT2D eigenvalue weighted by Crippen LogP contribution is 2.45. The SMILES string of the molecule is COCC(=O)Nc1ccc(N2C(=S)N[C@H](c3ccccn3)[C@@H]2c2cc(C)n(-c3ccccc3O)c2C)cc1Cl. The van der Waals surface area contributed by atoms with Crippen molar-refractivity contribution < 1.29 is 14.6 Å². The first-order chi connectivity index (χ1) is 18.8. The fraction of sp³-hybridized carbons (Fsp3) is 0.207. The maximum atomic E-state index is 12.0. The lowest BCUT2D eigenvalue weighted by molar-refractivity contribution is -0.119. The number of benzene rings is 2. The molecule has 1 saturated heterocycles. The molecule has 3 heterocycles. The number of rotatable bonds is 7. The van der Waals surface area contributed by atoms with E-state index >= 15 is 0 Å². The summed E-state index contributed by atoms with van der Waals surface area (Å²) in [6, 6.07) is 20.1. The molecule has 0 spiro atoms. The maximum Gasteiger partial charge on any atom is 0.250 e. The third kappa shape index (κ3) is 5.08. The van der Waals surface area contributed by atoms with Crippen LogP contribution in [0.15, 0.2) is 72.9 Å². The number of methoxy groups -OCH3 is 1. The van der Waals surface area contributed by atoms with Gasteiger partial charge in [-0.3, -0.25) is 9.78 Å². The molecule has 0 unspecified atom stereocenters. The van der Waals surface area contributed by atoms with Crippen molar-refractivity contribution in [3.63, 3.8) is 0 Å². The molecule has 1 fully saturated rings. The smallest absolute Gasteiger partial charge is 0.250 e. The summed E-state index contributed by atoms with van der Waals surface area (Å²) >= 11 is 12.5. The van der Waals surface area contributed by atoms with Gasteiger partial charge in [0.25, 0.3) is 0 Å². The van der Waals surface area contributed by atoms with Gasteiger partial charge >= 0.3 is 0 Å². The Labute approximate surface area is 237 Å². The zero-order valence-corrected chi connectivity index (χ0v) is 23.3. The number of carbonyl (C=O) groups is 1. The Morgan fingerprint density at radius 3 is 2.62 bits per heavy atom. The second-order valence-electron chi connectivity index (χ2n) is 9.29. The number of hydrogen-bond donors (Lipinski definition) is 3. The van der Waals surface area contributed by atoms with Crippen molar-refractivity contribution >= 4 is 46.2 Å². The van der Waals surface area contributed by atoms with E-state index in [9.17, 15) is 9.90 Å². The van der Waals surface area contributed by atoms with Crippen molar-refractivity contribution in [2.45, 2.75) is 25.9 Å². The number of aromatic hydroxyl groups is 1. The van der Waals surface area contributed by atoms with Gasteiger partial charge in [-0.1, -0.05) is 29.8 Å². The third-order valence-corrected chi connectivity index (χ3v) is 7.42. The van der Waals surface area contributed by atoms with Crippen LogP contribution in [-0.4, -0.2) is 39.4 Å². The fourth-order valence-corrected chi connectivity index (χ4v) is 5.70. The minimum Gasteiger partial charge on any atom is -0.506 e. The Hall–Kier alpha value is -3.92. The number of phenols is 1. The predicted octanol–water partition coefficient (Wildman–Crippen LogP) is 5.61. The van der Waals surface area contributed by atoms with Crippen LogP contribution in [0.4, 0.5) is 11.4 Å². The summed E-state index contributed by atoms with van der Waals surface area (Å²) in [6.07, 6.45) is 1.76. The molecule has 8 nitrogen and oxygen atoms in total. The number of aromatic nitrogens is 2. The quantitative estimate of drug-likeness (QED) is 0.253. The number of carbonyl (C=O) groups excluding carboxylic acids is 1. The molecule has 1 amide bonds. The van der Waals surface area contributed by atoms with E-state index in [2.05, 4.69) is 21.7 Å². The van der Waals surface area contributed by atoms with Gasteiger partial charge in [0, 0.05) is 30.4 Å². The van der Waals surface area contributed by atoms with Crippen LogP contribution in [0, 0.1) is 13.8 Å². The highest BCUT2D eigenvalue weighted by molar-refractivity contribution is 7.80. The molecule has 0 aliphatic carbocycles. The number of nitrogens with one attached hydrogen (secondary N) is 2. The average Bonchev–Trinajstić information content (AvgIpc) is 3.41. The molecule has 10 heteroatoms. The molecule has 200 valence electrons. The van der Waals surface area contributed by atoms with E-state index in [-0.39, 0.29) is 30.3 Å². The van der Waals surface area contributed by atoms with Gasteiger partial charge in [0.15, 0.2) is 5.11 Å². The molecule has 4 aromatic rings. The van der Waals surface area contributed by atoms with Crippen LogP contribution in [0.2, 0.25) is 5.02 Å². The second-order valence-corrected chi connectivity index (χ2v) is 10.1. The Morgan fingerprint density at radius 2 is 1.92 bits per heavy atom. The average molecular weight is 562 g/mol. The number of anilines is 2. The number of halogens is 1. The number of thiocarbonyl (C=S) groups is 1. The number of amides is 1. The Kier molecular flexibility index (Phi) is 7.56. The molecule has 1 aliphatic rings. The molecule has 0 bridgehead atoms. The van der Waals surface area contributed by atoms with Crippen molar-refractivity contribution in [2.75, 3.05) is 23.9 Å². The summed E-state index contributed by atoms with van der Waals surface area (Å²) in [6.45, 7) is 3.97. The number of phenolic OH excluding ortho intramolecular Hbond substituents is 1. The van der Waals surface area contributed by atoms with Crippen molar-refractivity contribution in [3.8, 4) is 11.4 Å². The first kappa shape index (κ1) is 26.7. The van der Waals surface area contributed by atoms with Gasteiger partial charge in [-0.2, -0.15) is 0 Å². The van der Waals surface area contributed by atoms with E-state index in [1.54, 1.807) is 30.5 Å². The van der Waals surface area contributed by atoms with E-state index < -0.39 is 0 Å². The van der Waals surface area contributed by atoms with Gasteiger partial charge in [0.1, 0.15) is 12.4 Å². The van der Waals surface area contributed by atoms with E-state index in [1.807, 2.05) is 59.7 Å². The Morgan fingerprint density at radius 1 is 1.15 bits per heavy atom. The van der Waals surface area contributed by atoms with Crippen LogP contribution in [-0.2, 0) is 9.53 Å². The van der Waals surface area contributed by atoms with Crippen LogP contribution >= 0.6 is 23.8 Å². The number of nitrogens with zero attached hydrogens (tertiary/aromatic N) is 3. The summed E-state index contributed by atoms with van der Waals surface area (Å²) in [7, 11) is 1.46. The summed E-state index contributed by atoms with van der Waals surface area (Å²) in [5.41, 5.74) is 5.74. The molecule has 3 N–H and O–H groups in total. The largest absolute Gasteiger partial charge is 0.506 e. The minimum absolute atomic E-state index is 0.0708. The minimum atomic E-state index is -0.296. The number of pyridine rings is 1. The summed E-state index contributed by atoms with van der Waals surface area (Å²) in [5.74, 6) is -0.0999. The van der Waals surface area contributed by atoms with Crippen LogP contribution in [0.3, 0.4) is 0 Å². The van der Waals surface area contributed by atoms with Crippen LogP contribution in [0.1, 0.15) is 34.7 Å². The summed E-state index contributed by atoms with van der Waals surface area (Å²) < 4.78 is 6.94. The predicted molar refractivity (Wildman–Crippen MR) is 157 cm³/mol. The summed E-state index contributed by atoms with van der Waals surface area (Å²) in [5, 5.41) is 17.7. The molecule has 39 heavy (non-hydrogen) atoms. The van der Waals surface area contributed by atoms with Gasteiger partial charge in [0.2, 0.25) is 5.91 Å².